The van der Waals surface area contributed by atoms with E-state index in [0.29, 0.717) is 6.61 Å². The first-order valence-corrected chi connectivity index (χ1v) is 7.31. The molecule has 3 unspecified atom stereocenters. The van der Waals surface area contributed by atoms with E-state index in [0.717, 1.165) is 15.8 Å². The lowest BCUT2D eigenvalue weighted by atomic mass is 9.89. The first-order valence-electron chi connectivity index (χ1n) is 6.52. The van der Waals surface area contributed by atoms with Crippen LogP contribution in [0.5, 0.6) is 5.75 Å². The molecule has 0 bridgehead atoms. The first-order chi connectivity index (χ1) is 9.58. The number of halogens is 1. The van der Waals surface area contributed by atoms with Gasteiger partial charge in [0.15, 0.2) is 0 Å². The van der Waals surface area contributed by atoms with Crippen LogP contribution in [0.25, 0.3) is 0 Å². The van der Waals surface area contributed by atoms with E-state index in [1.165, 1.54) is 0 Å². The van der Waals surface area contributed by atoms with Crippen molar-refractivity contribution in [3.8, 4) is 5.75 Å². The lowest BCUT2D eigenvalue weighted by Crippen LogP contribution is -2.41. The van der Waals surface area contributed by atoms with Gasteiger partial charge in [0.1, 0.15) is 5.75 Å². The number of hydrazine groups is 2. The van der Waals surface area contributed by atoms with E-state index >= 15 is 0 Å². The molecule has 0 saturated carbocycles. The van der Waals surface area contributed by atoms with Gasteiger partial charge in [0.2, 0.25) is 5.91 Å². The summed E-state index contributed by atoms with van der Waals surface area (Å²) in [7, 11) is 0. The smallest absolute Gasteiger partial charge is 0.240 e. The van der Waals surface area contributed by atoms with Crippen molar-refractivity contribution < 1.29 is 9.53 Å². The van der Waals surface area contributed by atoms with E-state index in [-0.39, 0.29) is 23.9 Å². The van der Waals surface area contributed by atoms with Crippen molar-refractivity contribution in [2.24, 2.45) is 11.8 Å². The van der Waals surface area contributed by atoms with Crippen molar-refractivity contribution in [2.45, 2.75) is 25.9 Å². The molecule has 2 rings (SSSR count). The Morgan fingerprint density at radius 3 is 2.90 bits per heavy atom. The number of nitrogens with two attached hydrogens (primary N) is 1. The van der Waals surface area contributed by atoms with Crippen LogP contribution < -0.4 is 26.9 Å². The summed E-state index contributed by atoms with van der Waals surface area (Å²) in [5.74, 6) is 5.53. The van der Waals surface area contributed by atoms with E-state index in [1.807, 2.05) is 32.0 Å². The molecular weight excluding hydrogens is 324 g/mol. The summed E-state index contributed by atoms with van der Waals surface area (Å²) in [4.78, 5) is 12.0. The van der Waals surface area contributed by atoms with Crippen LogP contribution in [0.15, 0.2) is 22.7 Å². The number of nitrogens with one attached hydrogen (secondary N) is 3. The normalized spacial score (nSPS) is 25.5. The predicted molar refractivity (Wildman–Crippen MR) is 79.6 cm³/mol. The quantitative estimate of drug-likeness (QED) is 0.372. The highest BCUT2D eigenvalue weighted by Crippen LogP contribution is 2.36. The number of hydrogen-bond acceptors (Lipinski definition) is 5. The van der Waals surface area contributed by atoms with Gasteiger partial charge in [-0.3, -0.25) is 15.6 Å². The molecule has 1 aromatic rings. The van der Waals surface area contributed by atoms with Crippen LogP contribution in [-0.4, -0.2) is 18.6 Å². The Kier molecular flexibility index (Phi) is 4.98. The monoisotopic (exact) mass is 342 g/mol. The Hall–Kier alpha value is -1.15. The maximum absolute atomic E-state index is 12.0. The average molecular weight is 343 g/mol. The van der Waals surface area contributed by atoms with Crippen LogP contribution in [-0.2, 0) is 4.79 Å². The molecule has 110 valence electrons. The van der Waals surface area contributed by atoms with Gasteiger partial charge >= 0.3 is 0 Å². The molecule has 5 N–H and O–H groups in total. The molecule has 7 heteroatoms. The summed E-state index contributed by atoms with van der Waals surface area (Å²) in [5, 5.41) is 0. The fourth-order valence-electron chi connectivity index (χ4n) is 2.48. The van der Waals surface area contributed by atoms with Gasteiger partial charge in [0.05, 0.1) is 18.6 Å². The average Bonchev–Trinajstić information content (AvgIpc) is 2.82. The van der Waals surface area contributed by atoms with Gasteiger partial charge in [-0.05, 0) is 32.0 Å². The Bertz CT molecular complexity index is 497. The minimum Gasteiger partial charge on any atom is -0.494 e. The Balaban J connectivity index is 2.38. The number of benzene rings is 1. The number of hydrogen-bond donors (Lipinski definition) is 4. The number of rotatable bonds is 4. The maximum atomic E-state index is 12.0. The van der Waals surface area contributed by atoms with E-state index in [4.69, 9.17) is 10.6 Å². The Labute approximate surface area is 126 Å². The van der Waals surface area contributed by atoms with Gasteiger partial charge in [-0.15, -0.1) is 0 Å². The van der Waals surface area contributed by atoms with E-state index < -0.39 is 0 Å². The number of ether oxygens (including phenoxy) is 1. The van der Waals surface area contributed by atoms with Crippen molar-refractivity contribution >= 4 is 21.8 Å². The molecule has 6 nitrogen and oxygen atoms in total. The molecule has 1 saturated heterocycles. The minimum atomic E-state index is -0.312. The standard InChI is InChI=1S/C13H19BrN4O2/c1-3-20-10-5-4-8(14)6-9(10)12-11(13(19)16-15)7(2)17-18-12/h4-7,11-12,17-18H,3,15H2,1-2H3,(H,16,19). The summed E-state index contributed by atoms with van der Waals surface area (Å²) >= 11 is 3.45. The van der Waals surface area contributed by atoms with Crippen LogP contribution in [0.3, 0.4) is 0 Å². The fourth-order valence-corrected chi connectivity index (χ4v) is 2.86. The zero-order valence-electron chi connectivity index (χ0n) is 11.4. The summed E-state index contributed by atoms with van der Waals surface area (Å²) in [6, 6.07) is 5.53. The highest BCUT2D eigenvalue weighted by atomic mass is 79.9. The summed E-state index contributed by atoms with van der Waals surface area (Å²) in [6.45, 7) is 4.43. The summed E-state index contributed by atoms with van der Waals surface area (Å²) in [5.41, 5.74) is 9.39. The molecule has 1 aliphatic rings. The van der Waals surface area contributed by atoms with E-state index in [9.17, 15) is 4.79 Å². The zero-order chi connectivity index (χ0) is 14.7. The molecule has 3 atom stereocenters. The van der Waals surface area contributed by atoms with Crippen LogP contribution >= 0.6 is 15.9 Å². The highest BCUT2D eigenvalue weighted by Gasteiger charge is 2.40. The Morgan fingerprint density at radius 2 is 2.25 bits per heavy atom. The second-order valence-electron chi connectivity index (χ2n) is 4.70. The summed E-state index contributed by atoms with van der Waals surface area (Å²) < 4.78 is 6.58. The van der Waals surface area contributed by atoms with Crippen LogP contribution in [0.2, 0.25) is 0 Å². The molecule has 0 radical (unpaired) electrons. The highest BCUT2D eigenvalue weighted by molar-refractivity contribution is 9.10. The maximum Gasteiger partial charge on any atom is 0.240 e. The van der Waals surface area contributed by atoms with Crippen LogP contribution in [0.4, 0.5) is 0 Å². The Morgan fingerprint density at radius 1 is 1.50 bits per heavy atom. The van der Waals surface area contributed by atoms with Gasteiger partial charge in [0.25, 0.3) is 0 Å². The summed E-state index contributed by atoms with van der Waals surface area (Å²) in [6.07, 6.45) is 0. The van der Waals surface area contributed by atoms with Crippen molar-refractivity contribution in [2.75, 3.05) is 6.61 Å². The second kappa shape index (κ2) is 6.53. The third-order valence-electron chi connectivity index (χ3n) is 3.42. The van der Waals surface area contributed by atoms with Crippen LogP contribution in [0, 0.1) is 5.92 Å². The minimum absolute atomic E-state index is 0.0305. The molecule has 1 aromatic carbocycles. The number of carbonyl (C=O) groups is 1. The molecule has 0 aliphatic carbocycles. The van der Waals surface area contributed by atoms with Crippen molar-refractivity contribution in [1.82, 2.24) is 16.3 Å². The molecule has 0 aromatic heterocycles. The molecular formula is C13H19BrN4O2. The van der Waals surface area contributed by atoms with Crippen molar-refractivity contribution in [1.29, 1.82) is 0 Å². The topological polar surface area (TPSA) is 88.4 Å². The third kappa shape index (κ3) is 2.95. The van der Waals surface area contributed by atoms with Crippen molar-refractivity contribution in [3.05, 3.63) is 28.2 Å². The molecule has 1 aliphatic heterocycles. The lowest BCUT2D eigenvalue weighted by Gasteiger charge is -2.22. The SMILES string of the molecule is CCOc1ccc(Br)cc1C1NNC(C)C1C(=O)NN. The van der Waals surface area contributed by atoms with Crippen LogP contribution in [0.1, 0.15) is 25.5 Å². The fraction of sp³-hybridized carbons (Fsp3) is 0.462. The van der Waals surface area contributed by atoms with E-state index in [1.54, 1.807) is 0 Å². The third-order valence-corrected chi connectivity index (χ3v) is 3.91. The van der Waals surface area contributed by atoms with Gasteiger partial charge in [-0.1, -0.05) is 15.9 Å². The van der Waals surface area contributed by atoms with E-state index in [2.05, 4.69) is 32.2 Å². The lowest BCUT2D eigenvalue weighted by molar-refractivity contribution is -0.125. The first kappa shape index (κ1) is 15.2. The molecule has 1 heterocycles. The largest absolute Gasteiger partial charge is 0.494 e. The number of amides is 1. The molecule has 1 fully saturated rings. The second-order valence-corrected chi connectivity index (χ2v) is 5.62. The van der Waals surface area contributed by atoms with Gasteiger partial charge < -0.3 is 4.74 Å². The molecule has 20 heavy (non-hydrogen) atoms. The van der Waals surface area contributed by atoms with Gasteiger partial charge in [-0.25, -0.2) is 11.3 Å². The molecule has 0 spiro atoms. The zero-order valence-corrected chi connectivity index (χ0v) is 13.0. The number of carbonyl (C=O) groups excluding carboxylic acids is 1. The predicted octanol–water partition coefficient (Wildman–Crippen LogP) is 0.991. The van der Waals surface area contributed by atoms with Crippen molar-refractivity contribution in [3.63, 3.8) is 0 Å². The van der Waals surface area contributed by atoms with Gasteiger partial charge in [-0.2, -0.15) is 0 Å². The molecule has 1 amide bonds. The van der Waals surface area contributed by atoms with Gasteiger partial charge in [0, 0.05) is 16.1 Å².